The van der Waals surface area contributed by atoms with Crippen LogP contribution in [0.4, 0.5) is 5.69 Å². The van der Waals surface area contributed by atoms with Crippen LogP contribution >= 0.6 is 11.6 Å². The molecule has 0 bridgehead atoms. The zero-order valence-corrected chi connectivity index (χ0v) is 14.1. The second kappa shape index (κ2) is 8.39. The molecule has 1 heterocycles. The van der Waals surface area contributed by atoms with Gasteiger partial charge in [0.1, 0.15) is 0 Å². The van der Waals surface area contributed by atoms with E-state index in [1.807, 2.05) is 38.1 Å². The fraction of sp³-hybridized carbons (Fsp3) is 0.588. The zero-order valence-electron chi connectivity index (χ0n) is 13.3. The Morgan fingerprint density at radius 1 is 1.41 bits per heavy atom. The summed E-state index contributed by atoms with van der Waals surface area (Å²) >= 11 is 5.92. The minimum absolute atomic E-state index is 0.0746. The molecule has 1 aliphatic rings. The Balaban J connectivity index is 1.68. The molecule has 4 nitrogen and oxygen atoms in total. The van der Waals surface area contributed by atoms with E-state index in [0.717, 1.165) is 31.1 Å². The van der Waals surface area contributed by atoms with Gasteiger partial charge in [0.25, 0.3) is 0 Å². The summed E-state index contributed by atoms with van der Waals surface area (Å²) in [6.45, 7) is 7.18. The smallest absolute Gasteiger partial charge is 0.222 e. The Labute approximate surface area is 137 Å². The number of carbonyl (C=O) groups is 1. The molecule has 0 aromatic heterocycles. The van der Waals surface area contributed by atoms with Gasteiger partial charge in [-0.25, -0.2) is 0 Å². The Kier molecular flexibility index (Phi) is 6.52. The highest BCUT2D eigenvalue weighted by Crippen LogP contribution is 2.24. The van der Waals surface area contributed by atoms with Crippen molar-refractivity contribution >= 4 is 23.2 Å². The third kappa shape index (κ3) is 5.50. The molecule has 0 saturated carbocycles. The molecule has 2 rings (SSSR count). The van der Waals surface area contributed by atoms with Crippen LogP contribution in [0.25, 0.3) is 0 Å². The lowest BCUT2D eigenvalue weighted by Crippen LogP contribution is -2.31. The summed E-state index contributed by atoms with van der Waals surface area (Å²) in [6, 6.07) is 7.93. The van der Waals surface area contributed by atoms with E-state index in [9.17, 15) is 4.79 Å². The Morgan fingerprint density at radius 3 is 2.82 bits per heavy atom. The lowest BCUT2D eigenvalue weighted by molar-refractivity contribution is -0.122. The lowest BCUT2D eigenvalue weighted by atomic mass is 10.1. The van der Waals surface area contributed by atoms with Gasteiger partial charge in [0.2, 0.25) is 5.91 Å². The predicted octanol–water partition coefficient (Wildman–Crippen LogP) is 3.10. The molecule has 0 radical (unpaired) electrons. The number of benzene rings is 1. The fourth-order valence-electron chi connectivity index (χ4n) is 2.62. The third-order valence-electron chi connectivity index (χ3n) is 3.85. The molecule has 1 amide bonds. The van der Waals surface area contributed by atoms with Crippen LogP contribution in [-0.2, 0) is 9.53 Å². The molecule has 1 aliphatic heterocycles. The average molecular weight is 325 g/mol. The van der Waals surface area contributed by atoms with Crippen LogP contribution in [0.15, 0.2) is 24.3 Å². The van der Waals surface area contributed by atoms with E-state index in [2.05, 4.69) is 10.2 Å². The van der Waals surface area contributed by atoms with Crippen molar-refractivity contribution in [1.29, 1.82) is 0 Å². The Morgan fingerprint density at radius 2 is 2.14 bits per heavy atom. The van der Waals surface area contributed by atoms with E-state index in [0.29, 0.717) is 18.9 Å². The number of ether oxygens (including phenoxy) is 1. The maximum absolute atomic E-state index is 11.8. The predicted molar refractivity (Wildman–Crippen MR) is 90.5 cm³/mol. The number of hydrogen-bond donors (Lipinski definition) is 1. The minimum Gasteiger partial charge on any atom is -0.378 e. The van der Waals surface area contributed by atoms with Crippen LogP contribution in [0.5, 0.6) is 0 Å². The molecule has 1 aromatic rings. The van der Waals surface area contributed by atoms with Crippen LogP contribution in [0.1, 0.15) is 26.7 Å². The molecule has 1 aromatic carbocycles. The number of halogens is 1. The molecule has 1 saturated heterocycles. The second-order valence-electron chi connectivity index (χ2n) is 6.05. The Bertz CT molecular complexity index is 476. The Hall–Kier alpha value is -1.26. The number of nitrogens with zero attached hydrogens (tertiary/aromatic N) is 1. The van der Waals surface area contributed by atoms with Gasteiger partial charge in [-0.3, -0.25) is 4.79 Å². The summed E-state index contributed by atoms with van der Waals surface area (Å²) in [6.07, 6.45) is 1.72. The molecule has 0 aliphatic carbocycles. The van der Waals surface area contributed by atoms with Crippen LogP contribution in [0.2, 0.25) is 5.02 Å². The van der Waals surface area contributed by atoms with Crippen LogP contribution in [0, 0.1) is 5.92 Å². The first-order valence-corrected chi connectivity index (χ1v) is 8.31. The molecular formula is C17H25ClN2O2. The van der Waals surface area contributed by atoms with Gasteiger partial charge < -0.3 is 15.0 Å². The second-order valence-corrected chi connectivity index (χ2v) is 6.49. The molecule has 1 unspecified atom stereocenters. The van der Waals surface area contributed by atoms with Gasteiger partial charge in [0.05, 0.1) is 12.7 Å². The first kappa shape index (κ1) is 17.1. The van der Waals surface area contributed by atoms with Crippen LogP contribution in [0.3, 0.4) is 0 Å². The SMILES string of the molecule is CC(C)OCCC(=O)NCC1CCN(c2ccc(Cl)cc2)C1. The van der Waals surface area contributed by atoms with Crippen molar-refractivity contribution < 1.29 is 9.53 Å². The first-order chi connectivity index (χ1) is 10.5. The highest BCUT2D eigenvalue weighted by Gasteiger charge is 2.22. The molecular weight excluding hydrogens is 300 g/mol. The number of carbonyl (C=O) groups excluding carboxylic acids is 1. The first-order valence-electron chi connectivity index (χ1n) is 7.93. The highest BCUT2D eigenvalue weighted by atomic mass is 35.5. The van der Waals surface area contributed by atoms with Crippen LogP contribution in [-0.4, -0.2) is 38.3 Å². The quantitative estimate of drug-likeness (QED) is 0.838. The average Bonchev–Trinajstić information content (AvgIpc) is 2.94. The maximum atomic E-state index is 11.8. The summed E-state index contributed by atoms with van der Waals surface area (Å²) in [7, 11) is 0. The number of hydrogen-bond acceptors (Lipinski definition) is 3. The van der Waals surface area contributed by atoms with Crippen LogP contribution < -0.4 is 10.2 Å². The van der Waals surface area contributed by atoms with Crippen molar-refractivity contribution in [2.75, 3.05) is 31.1 Å². The molecule has 1 fully saturated rings. The topological polar surface area (TPSA) is 41.6 Å². The standard InChI is InChI=1S/C17H25ClN2O2/c1-13(2)22-10-8-17(21)19-11-14-7-9-20(12-14)16-5-3-15(18)4-6-16/h3-6,13-14H,7-12H2,1-2H3,(H,19,21). The maximum Gasteiger partial charge on any atom is 0.222 e. The highest BCUT2D eigenvalue weighted by molar-refractivity contribution is 6.30. The van der Waals surface area contributed by atoms with E-state index >= 15 is 0 Å². The van der Waals surface area contributed by atoms with Gasteiger partial charge in [0, 0.05) is 36.8 Å². The monoisotopic (exact) mass is 324 g/mol. The number of anilines is 1. The third-order valence-corrected chi connectivity index (χ3v) is 4.10. The molecule has 122 valence electrons. The summed E-state index contributed by atoms with van der Waals surface area (Å²) in [5, 5.41) is 3.77. The largest absolute Gasteiger partial charge is 0.378 e. The number of amides is 1. The molecule has 22 heavy (non-hydrogen) atoms. The molecule has 1 atom stereocenters. The minimum atomic E-state index is 0.0746. The summed E-state index contributed by atoms with van der Waals surface area (Å²) in [5.74, 6) is 0.580. The van der Waals surface area contributed by atoms with Crippen molar-refractivity contribution in [2.24, 2.45) is 5.92 Å². The summed E-state index contributed by atoms with van der Waals surface area (Å²) in [5.41, 5.74) is 1.20. The van der Waals surface area contributed by atoms with Gasteiger partial charge >= 0.3 is 0 Å². The van der Waals surface area contributed by atoms with Crippen molar-refractivity contribution in [1.82, 2.24) is 5.32 Å². The van der Waals surface area contributed by atoms with Crippen molar-refractivity contribution in [3.05, 3.63) is 29.3 Å². The van der Waals surface area contributed by atoms with E-state index in [1.165, 1.54) is 5.69 Å². The van der Waals surface area contributed by atoms with E-state index < -0.39 is 0 Å². The van der Waals surface area contributed by atoms with Gasteiger partial charge in [-0.1, -0.05) is 11.6 Å². The van der Waals surface area contributed by atoms with E-state index in [4.69, 9.17) is 16.3 Å². The van der Waals surface area contributed by atoms with E-state index in [-0.39, 0.29) is 12.0 Å². The van der Waals surface area contributed by atoms with Crippen molar-refractivity contribution in [3.63, 3.8) is 0 Å². The zero-order chi connectivity index (χ0) is 15.9. The van der Waals surface area contributed by atoms with Gasteiger partial charge in [-0.2, -0.15) is 0 Å². The van der Waals surface area contributed by atoms with Gasteiger partial charge in [-0.05, 0) is 50.5 Å². The normalized spacial score (nSPS) is 18.0. The summed E-state index contributed by atoms with van der Waals surface area (Å²) in [4.78, 5) is 14.1. The number of rotatable bonds is 7. The van der Waals surface area contributed by atoms with Gasteiger partial charge in [0.15, 0.2) is 0 Å². The lowest BCUT2D eigenvalue weighted by Gasteiger charge is -2.19. The fourth-order valence-corrected chi connectivity index (χ4v) is 2.75. The van der Waals surface area contributed by atoms with E-state index in [1.54, 1.807) is 0 Å². The number of nitrogens with one attached hydrogen (secondary N) is 1. The van der Waals surface area contributed by atoms with Crippen molar-refractivity contribution in [3.8, 4) is 0 Å². The summed E-state index contributed by atoms with van der Waals surface area (Å²) < 4.78 is 5.39. The van der Waals surface area contributed by atoms with Gasteiger partial charge in [-0.15, -0.1) is 0 Å². The molecule has 1 N–H and O–H groups in total. The van der Waals surface area contributed by atoms with Crippen molar-refractivity contribution in [2.45, 2.75) is 32.8 Å². The molecule has 5 heteroatoms. The molecule has 0 spiro atoms.